The molecule has 0 aliphatic heterocycles. The van der Waals surface area contributed by atoms with Crippen LogP contribution in [-0.2, 0) is 20.1 Å². The van der Waals surface area contributed by atoms with Gasteiger partial charge in [0.05, 0.1) is 6.04 Å². The van der Waals surface area contributed by atoms with Gasteiger partial charge < -0.3 is 14.2 Å². The number of hydrogen-bond donors (Lipinski definition) is 1. The minimum absolute atomic E-state index is 0.0772. The number of ketones is 1. The van der Waals surface area contributed by atoms with Crippen molar-refractivity contribution in [1.29, 1.82) is 0 Å². The highest BCUT2D eigenvalue weighted by Crippen LogP contribution is 2.09. The molecule has 0 amide bonds. The maximum Gasteiger partial charge on any atom is 0.356 e. The first-order chi connectivity index (χ1) is 11.0. The molecule has 0 aliphatic rings. The second-order valence-electron chi connectivity index (χ2n) is 5.47. The summed E-state index contributed by atoms with van der Waals surface area (Å²) in [6.07, 6.45) is 1.54. The number of nitrogens with one attached hydrogen (secondary N) is 1. The lowest BCUT2D eigenvalue weighted by Crippen LogP contribution is -2.40. The lowest BCUT2D eigenvalue weighted by molar-refractivity contribution is -0.117. The fraction of sp³-hybridized carbons (Fsp3) is 0.500. The average Bonchev–Trinajstić information content (AvgIpc) is 2.55. The van der Waals surface area contributed by atoms with Crippen molar-refractivity contribution in [2.24, 2.45) is 0 Å². The van der Waals surface area contributed by atoms with E-state index in [1.807, 2.05) is 33.0 Å². The van der Waals surface area contributed by atoms with Gasteiger partial charge >= 0.3 is 9.28 Å². The fourth-order valence-electron chi connectivity index (χ4n) is 2.53. The molecule has 0 fully saturated rings. The number of carbonyl (C=O) groups excluding carboxylic acids is 1. The van der Waals surface area contributed by atoms with Gasteiger partial charge in [-0.2, -0.15) is 0 Å². The van der Waals surface area contributed by atoms with Crippen LogP contribution in [-0.4, -0.2) is 41.4 Å². The second kappa shape index (κ2) is 10.5. The third-order valence-electron chi connectivity index (χ3n) is 3.73. The Morgan fingerprint density at radius 1 is 1.26 bits per heavy atom. The Hall–Kier alpha value is -1.27. The van der Waals surface area contributed by atoms with E-state index in [4.69, 9.17) is 8.85 Å². The van der Waals surface area contributed by atoms with E-state index in [-0.39, 0.29) is 11.8 Å². The topological polar surface area (TPSA) is 47.6 Å². The summed E-state index contributed by atoms with van der Waals surface area (Å²) < 4.78 is 11.7. The third-order valence-corrected chi connectivity index (χ3v) is 6.08. The van der Waals surface area contributed by atoms with Gasteiger partial charge in [0.15, 0.2) is 5.78 Å². The molecule has 1 rings (SSSR count). The van der Waals surface area contributed by atoms with Crippen LogP contribution in [0.4, 0.5) is 0 Å². The van der Waals surface area contributed by atoms with Crippen molar-refractivity contribution in [3.05, 3.63) is 42.0 Å². The molecule has 1 unspecified atom stereocenters. The number of Topliss-reactive ketones (excluding diaryl/α,β-unsaturated/α-hetero) is 1. The molecular weight excluding hydrogens is 306 g/mol. The molecule has 0 bridgehead atoms. The number of benzene rings is 1. The standard InChI is InChI=1S/C18H29NO3Si/c1-6-21-23(22-7-2)17-11-9-8-10-15(17)12-13-16(19-5)18(20)14(3)4/h8-11,16,19,23H,3,6-7,12-13H2,1-2,4-5H3. The monoisotopic (exact) mass is 335 g/mol. The van der Waals surface area contributed by atoms with Crippen molar-refractivity contribution >= 4 is 20.3 Å². The Bertz CT molecular complexity index is 513. The molecular formula is C18H29NO3Si. The van der Waals surface area contributed by atoms with Gasteiger partial charge in [-0.1, -0.05) is 30.8 Å². The fourth-order valence-corrected chi connectivity index (χ4v) is 4.40. The molecule has 1 aromatic carbocycles. The first-order valence-electron chi connectivity index (χ1n) is 8.23. The van der Waals surface area contributed by atoms with Crippen LogP contribution in [0.15, 0.2) is 36.4 Å². The van der Waals surface area contributed by atoms with E-state index >= 15 is 0 Å². The van der Waals surface area contributed by atoms with Crippen LogP contribution in [0.25, 0.3) is 0 Å². The van der Waals surface area contributed by atoms with E-state index in [0.29, 0.717) is 18.8 Å². The van der Waals surface area contributed by atoms with Crippen LogP contribution in [0.3, 0.4) is 0 Å². The molecule has 128 valence electrons. The number of carbonyl (C=O) groups is 1. The lowest BCUT2D eigenvalue weighted by Gasteiger charge is -2.20. The van der Waals surface area contributed by atoms with Crippen LogP contribution >= 0.6 is 0 Å². The molecule has 0 saturated carbocycles. The van der Waals surface area contributed by atoms with Gasteiger partial charge in [0.25, 0.3) is 0 Å². The highest BCUT2D eigenvalue weighted by molar-refractivity contribution is 6.61. The van der Waals surface area contributed by atoms with Gasteiger partial charge in [-0.3, -0.25) is 4.79 Å². The number of hydrogen-bond acceptors (Lipinski definition) is 4. The zero-order chi connectivity index (χ0) is 17.2. The molecule has 1 N–H and O–H groups in total. The average molecular weight is 336 g/mol. The van der Waals surface area contributed by atoms with E-state index in [0.717, 1.165) is 12.8 Å². The van der Waals surface area contributed by atoms with Gasteiger partial charge in [0.1, 0.15) is 0 Å². The van der Waals surface area contributed by atoms with Gasteiger partial charge in [0, 0.05) is 13.2 Å². The minimum Gasteiger partial charge on any atom is -0.394 e. The Morgan fingerprint density at radius 3 is 2.39 bits per heavy atom. The SMILES string of the molecule is C=C(C)C(=O)C(CCc1ccccc1[SiH](OCC)OCC)NC. The van der Waals surface area contributed by atoms with E-state index in [2.05, 4.69) is 24.0 Å². The summed E-state index contributed by atoms with van der Waals surface area (Å²) >= 11 is 0. The summed E-state index contributed by atoms with van der Waals surface area (Å²) in [5.74, 6) is 0.0772. The van der Waals surface area contributed by atoms with Crippen molar-refractivity contribution in [3.63, 3.8) is 0 Å². The highest BCUT2D eigenvalue weighted by atomic mass is 28.3. The van der Waals surface area contributed by atoms with Crippen molar-refractivity contribution in [1.82, 2.24) is 5.32 Å². The second-order valence-corrected chi connectivity index (χ2v) is 7.42. The molecule has 0 aliphatic carbocycles. The van der Waals surface area contributed by atoms with E-state index in [9.17, 15) is 4.79 Å². The predicted molar refractivity (Wildman–Crippen MR) is 97.5 cm³/mol. The van der Waals surface area contributed by atoms with Gasteiger partial charge in [-0.15, -0.1) is 0 Å². The minimum atomic E-state index is -1.87. The summed E-state index contributed by atoms with van der Waals surface area (Å²) in [4.78, 5) is 12.1. The van der Waals surface area contributed by atoms with Gasteiger partial charge in [-0.25, -0.2) is 0 Å². The van der Waals surface area contributed by atoms with Crippen molar-refractivity contribution in [3.8, 4) is 0 Å². The molecule has 0 saturated heterocycles. The van der Waals surface area contributed by atoms with E-state index in [1.165, 1.54) is 10.8 Å². The number of likely N-dealkylation sites (N-methyl/N-ethyl adjacent to an activating group) is 1. The van der Waals surface area contributed by atoms with Crippen LogP contribution in [0.2, 0.25) is 0 Å². The zero-order valence-electron chi connectivity index (χ0n) is 14.7. The van der Waals surface area contributed by atoms with Crippen LogP contribution in [0, 0.1) is 0 Å². The smallest absolute Gasteiger partial charge is 0.356 e. The van der Waals surface area contributed by atoms with Crippen LogP contribution < -0.4 is 10.5 Å². The quantitative estimate of drug-likeness (QED) is 0.495. The third kappa shape index (κ3) is 6.03. The van der Waals surface area contributed by atoms with Crippen LogP contribution in [0.1, 0.15) is 32.8 Å². The first-order valence-corrected chi connectivity index (χ1v) is 9.75. The maximum absolute atomic E-state index is 12.1. The largest absolute Gasteiger partial charge is 0.394 e. The summed E-state index contributed by atoms with van der Waals surface area (Å²) in [7, 11) is -0.0557. The number of aryl methyl sites for hydroxylation is 1. The Kier molecular flexibility index (Phi) is 9.02. The normalized spacial score (nSPS) is 12.4. The lowest BCUT2D eigenvalue weighted by atomic mass is 9.99. The van der Waals surface area contributed by atoms with E-state index < -0.39 is 9.28 Å². The van der Waals surface area contributed by atoms with Gasteiger partial charge in [-0.05, 0) is 57.0 Å². The molecule has 1 aromatic rings. The molecule has 0 heterocycles. The Morgan fingerprint density at radius 2 is 1.87 bits per heavy atom. The number of rotatable bonds is 11. The van der Waals surface area contributed by atoms with Crippen molar-refractivity contribution in [2.45, 2.75) is 39.7 Å². The summed E-state index contributed by atoms with van der Waals surface area (Å²) in [5, 5.41) is 4.27. The molecule has 0 aromatic heterocycles. The summed E-state index contributed by atoms with van der Waals surface area (Å²) in [6.45, 7) is 10.8. The summed E-state index contributed by atoms with van der Waals surface area (Å²) in [6, 6.07) is 8.04. The molecule has 5 heteroatoms. The first kappa shape index (κ1) is 19.8. The molecule has 0 spiro atoms. The molecule has 0 radical (unpaired) electrons. The Balaban J connectivity index is 2.87. The predicted octanol–water partition coefficient (Wildman–Crippen LogP) is 1.85. The van der Waals surface area contributed by atoms with E-state index in [1.54, 1.807) is 6.92 Å². The van der Waals surface area contributed by atoms with Crippen LogP contribution in [0.5, 0.6) is 0 Å². The van der Waals surface area contributed by atoms with Crippen molar-refractivity contribution in [2.75, 3.05) is 20.3 Å². The molecule has 1 atom stereocenters. The van der Waals surface area contributed by atoms with Crippen molar-refractivity contribution < 1.29 is 13.6 Å². The molecule has 4 nitrogen and oxygen atoms in total. The maximum atomic E-state index is 12.1. The summed E-state index contributed by atoms with van der Waals surface area (Å²) in [5.41, 5.74) is 1.80. The Labute approximate surface area is 141 Å². The molecule has 23 heavy (non-hydrogen) atoms. The van der Waals surface area contributed by atoms with Gasteiger partial charge in [0.2, 0.25) is 0 Å². The highest BCUT2D eigenvalue weighted by Gasteiger charge is 2.21. The zero-order valence-corrected chi connectivity index (χ0v) is 15.9.